The SMILES string of the molecule is CC1CN(CCNC(=O)c2cnc(C(C)(C)C)s2)CC(C)O1. The molecule has 0 bridgehead atoms. The Morgan fingerprint density at radius 3 is 2.59 bits per heavy atom. The minimum Gasteiger partial charge on any atom is -0.373 e. The molecule has 2 rings (SSSR count). The molecule has 2 atom stereocenters. The predicted octanol–water partition coefficient (Wildman–Crippen LogP) is 2.28. The van der Waals surface area contributed by atoms with Crippen LogP contribution in [0, 0.1) is 0 Å². The van der Waals surface area contributed by atoms with Crippen molar-refractivity contribution in [3.8, 4) is 0 Å². The Bertz CT molecular complexity index is 500. The number of carbonyl (C=O) groups is 1. The number of rotatable bonds is 4. The molecule has 1 aromatic rings. The van der Waals surface area contributed by atoms with Crippen molar-refractivity contribution < 1.29 is 9.53 Å². The van der Waals surface area contributed by atoms with Crippen molar-refractivity contribution in [1.82, 2.24) is 15.2 Å². The van der Waals surface area contributed by atoms with E-state index in [2.05, 4.69) is 49.8 Å². The van der Waals surface area contributed by atoms with Gasteiger partial charge in [-0.3, -0.25) is 9.69 Å². The number of nitrogens with one attached hydrogen (secondary N) is 1. The Kier molecular flexibility index (Phi) is 5.58. The molecule has 1 fully saturated rings. The van der Waals surface area contributed by atoms with Gasteiger partial charge in [0, 0.05) is 31.6 Å². The first-order valence-electron chi connectivity index (χ1n) is 7.88. The summed E-state index contributed by atoms with van der Waals surface area (Å²) in [5.41, 5.74) is -0.0106. The Morgan fingerprint density at radius 2 is 2.05 bits per heavy atom. The van der Waals surface area contributed by atoms with Gasteiger partial charge in [0.1, 0.15) is 4.88 Å². The van der Waals surface area contributed by atoms with Crippen molar-refractivity contribution in [2.75, 3.05) is 26.2 Å². The van der Waals surface area contributed by atoms with Crippen molar-refractivity contribution in [2.24, 2.45) is 0 Å². The lowest BCUT2D eigenvalue weighted by Gasteiger charge is -2.35. The van der Waals surface area contributed by atoms with E-state index in [9.17, 15) is 4.79 Å². The summed E-state index contributed by atoms with van der Waals surface area (Å²) in [6, 6.07) is 0. The largest absolute Gasteiger partial charge is 0.373 e. The van der Waals surface area contributed by atoms with Gasteiger partial charge in [-0.1, -0.05) is 20.8 Å². The van der Waals surface area contributed by atoms with E-state index in [1.807, 2.05) is 0 Å². The lowest BCUT2D eigenvalue weighted by Crippen LogP contribution is -2.47. The van der Waals surface area contributed by atoms with Crippen molar-refractivity contribution in [3.05, 3.63) is 16.1 Å². The molecule has 1 aromatic heterocycles. The summed E-state index contributed by atoms with van der Waals surface area (Å²) in [5, 5.41) is 3.98. The minimum atomic E-state index is -0.0256. The number of carbonyl (C=O) groups excluding carboxylic acids is 1. The van der Waals surface area contributed by atoms with Crippen LogP contribution in [0.25, 0.3) is 0 Å². The second kappa shape index (κ2) is 7.06. The third-order valence-electron chi connectivity index (χ3n) is 3.58. The fourth-order valence-corrected chi connectivity index (χ4v) is 3.50. The molecule has 2 heterocycles. The summed E-state index contributed by atoms with van der Waals surface area (Å²) < 4.78 is 5.71. The Hall–Kier alpha value is -0.980. The fourth-order valence-electron chi connectivity index (χ4n) is 2.61. The molecule has 124 valence electrons. The summed E-state index contributed by atoms with van der Waals surface area (Å²) in [4.78, 5) is 19.6. The maximum absolute atomic E-state index is 12.2. The molecular weight excluding hydrogens is 298 g/mol. The van der Waals surface area contributed by atoms with Gasteiger partial charge < -0.3 is 10.1 Å². The number of nitrogens with zero attached hydrogens (tertiary/aromatic N) is 2. The summed E-state index contributed by atoms with van der Waals surface area (Å²) >= 11 is 1.48. The van der Waals surface area contributed by atoms with E-state index in [0.29, 0.717) is 11.4 Å². The third-order valence-corrected chi connectivity index (χ3v) is 5.00. The topological polar surface area (TPSA) is 54.5 Å². The maximum Gasteiger partial charge on any atom is 0.263 e. The zero-order valence-corrected chi connectivity index (χ0v) is 15.0. The number of ether oxygens (including phenoxy) is 1. The number of amides is 1. The van der Waals surface area contributed by atoms with Gasteiger partial charge in [0.15, 0.2) is 0 Å². The molecule has 0 spiro atoms. The molecule has 0 aliphatic carbocycles. The summed E-state index contributed by atoms with van der Waals surface area (Å²) in [6.07, 6.45) is 2.20. The molecule has 0 aromatic carbocycles. The van der Waals surface area contributed by atoms with Crippen LogP contribution in [0.15, 0.2) is 6.20 Å². The van der Waals surface area contributed by atoms with Crippen molar-refractivity contribution in [2.45, 2.75) is 52.2 Å². The lowest BCUT2D eigenvalue weighted by molar-refractivity contribution is -0.0672. The molecule has 0 radical (unpaired) electrons. The van der Waals surface area contributed by atoms with Gasteiger partial charge in [0.2, 0.25) is 0 Å². The van der Waals surface area contributed by atoms with E-state index in [1.54, 1.807) is 6.20 Å². The molecule has 1 N–H and O–H groups in total. The van der Waals surface area contributed by atoms with Crippen LogP contribution < -0.4 is 5.32 Å². The highest BCUT2D eigenvalue weighted by atomic mass is 32.1. The molecule has 1 amide bonds. The van der Waals surface area contributed by atoms with Gasteiger partial charge in [-0.15, -0.1) is 11.3 Å². The van der Waals surface area contributed by atoms with Crippen LogP contribution in [0.4, 0.5) is 0 Å². The lowest BCUT2D eigenvalue weighted by atomic mass is 9.98. The van der Waals surface area contributed by atoms with E-state index < -0.39 is 0 Å². The van der Waals surface area contributed by atoms with Crippen LogP contribution in [0.5, 0.6) is 0 Å². The Morgan fingerprint density at radius 1 is 1.41 bits per heavy atom. The molecular formula is C16H27N3O2S. The molecule has 1 saturated heterocycles. The molecule has 1 aliphatic heterocycles. The molecule has 0 saturated carbocycles. The van der Waals surface area contributed by atoms with Crippen LogP contribution in [0.3, 0.4) is 0 Å². The van der Waals surface area contributed by atoms with Gasteiger partial charge in [-0.2, -0.15) is 0 Å². The highest BCUT2D eigenvalue weighted by Crippen LogP contribution is 2.26. The standard InChI is InChI=1S/C16H27N3O2S/c1-11-9-19(10-12(2)21-11)7-6-17-14(20)13-8-18-15(22-13)16(3,4)5/h8,11-12H,6-7,9-10H2,1-5H3,(H,17,20). The molecule has 1 aliphatic rings. The Labute approximate surface area is 137 Å². The minimum absolute atomic E-state index is 0.0106. The zero-order chi connectivity index (χ0) is 16.3. The first-order chi connectivity index (χ1) is 10.3. The summed E-state index contributed by atoms with van der Waals surface area (Å²) in [5.74, 6) is -0.0256. The van der Waals surface area contributed by atoms with Crippen molar-refractivity contribution in [1.29, 1.82) is 0 Å². The average molecular weight is 325 g/mol. The quantitative estimate of drug-likeness (QED) is 0.923. The van der Waals surface area contributed by atoms with Gasteiger partial charge in [0.25, 0.3) is 5.91 Å². The van der Waals surface area contributed by atoms with Gasteiger partial charge >= 0.3 is 0 Å². The van der Waals surface area contributed by atoms with Crippen molar-refractivity contribution in [3.63, 3.8) is 0 Å². The highest BCUT2D eigenvalue weighted by Gasteiger charge is 2.22. The number of morpholine rings is 1. The Balaban J connectivity index is 1.79. The normalized spacial score (nSPS) is 23.5. The highest BCUT2D eigenvalue weighted by molar-refractivity contribution is 7.13. The molecule has 22 heavy (non-hydrogen) atoms. The molecule has 2 unspecified atom stereocenters. The maximum atomic E-state index is 12.2. The summed E-state index contributed by atoms with van der Waals surface area (Å²) in [7, 11) is 0. The average Bonchev–Trinajstić information content (AvgIpc) is 2.86. The molecule has 5 nitrogen and oxygen atoms in total. The third kappa shape index (κ3) is 4.76. The monoisotopic (exact) mass is 325 g/mol. The smallest absolute Gasteiger partial charge is 0.263 e. The van der Waals surface area contributed by atoms with E-state index in [-0.39, 0.29) is 23.5 Å². The van der Waals surface area contributed by atoms with Gasteiger partial charge in [-0.25, -0.2) is 4.98 Å². The molecule has 6 heteroatoms. The van der Waals surface area contributed by atoms with Crippen LogP contribution in [-0.4, -0.2) is 54.2 Å². The van der Waals surface area contributed by atoms with E-state index in [1.165, 1.54) is 11.3 Å². The van der Waals surface area contributed by atoms with E-state index in [0.717, 1.165) is 24.6 Å². The second-order valence-corrected chi connectivity index (χ2v) is 8.08. The van der Waals surface area contributed by atoms with Crippen LogP contribution >= 0.6 is 11.3 Å². The van der Waals surface area contributed by atoms with Crippen LogP contribution in [0.2, 0.25) is 0 Å². The second-order valence-electron chi connectivity index (χ2n) is 7.05. The first kappa shape index (κ1) is 17.4. The predicted molar refractivity (Wildman–Crippen MR) is 89.6 cm³/mol. The van der Waals surface area contributed by atoms with Crippen molar-refractivity contribution >= 4 is 17.2 Å². The van der Waals surface area contributed by atoms with E-state index in [4.69, 9.17) is 4.74 Å². The summed E-state index contributed by atoms with van der Waals surface area (Å²) in [6.45, 7) is 13.9. The van der Waals surface area contributed by atoms with E-state index >= 15 is 0 Å². The van der Waals surface area contributed by atoms with Gasteiger partial charge in [0.05, 0.1) is 23.4 Å². The number of thiazole rings is 1. The van der Waals surface area contributed by atoms with Gasteiger partial charge in [-0.05, 0) is 13.8 Å². The van der Waals surface area contributed by atoms with Crippen LogP contribution in [0.1, 0.15) is 49.3 Å². The zero-order valence-electron chi connectivity index (χ0n) is 14.2. The fraction of sp³-hybridized carbons (Fsp3) is 0.750. The first-order valence-corrected chi connectivity index (χ1v) is 8.69. The number of hydrogen-bond acceptors (Lipinski definition) is 5. The van der Waals surface area contributed by atoms with Crippen LogP contribution in [-0.2, 0) is 10.2 Å². The number of aromatic nitrogens is 1. The number of hydrogen-bond donors (Lipinski definition) is 1.